The molecule has 0 atom stereocenters. The quantitative estimate of drug-likeness (QED) is 0.379. The van der Waals surface area contributed by atoms with Crippen molar-refractivity contribution in [2.24, 2.45) is 0 Å². The molecule has 0 unspecified atom stereocenters. The van der Waals surface area contributed by atoms with Crippen molar-refractivity contribution in [3.05, 3.63) is 77.4 Å². The van der Waals surface area contributed by atoms with Crippen LogP contribution < -0.4 is 20.1 Å². The lowest BCUT2D eigenvalue weighted by molar-refractivity contribution is -0.118. The summed E-state index contributed by atoms with van der Waals surface area (Å²) in [6, 6.07) is 19.4. The van der Waals surface area contributed by atoms with Crippen molar-refractivity contribution in [2.45, 2.75) is 31.6 Å². The highest BCUT2D eigenvalue weighted by atomic mass is 16.7. The number of carbonyl (C=O) groups excluding carboxylic acids is 2. The molecule has 1 aliphatic carbocycles. The van der Waals surface area contributed by atoms with Gasteiger partial charge in [-0.25, -0.2) is 0 Å². The molecule has 1 saturated heterocycles. The van der Waals surface area contributed by atoms with E-state index in [1.165, 1.54) is 0 Å². The van der Waals surface area contributed by atoms with Crippen LogP contribution in [0.15, 0.2) is 60.7 Å². The van der Waals surface area contributed by atoms with Crippen molar-refractivity contribution < 1.29 is 25.2 Å². The van der Waals surface area contributed by atoms with Crippen molar-refractivity contribution in [3.8, 4) is 22.6 Å². The average molecular weight is 544 g/mol. The topological polar surface area (TPSA) is 89.1 Å². The van der Waals surface area contributed by atoms with Gasteiger partial charge in [0.15, 0.2) is 11.5 Å². The Kier molecular flexibility index (Phi) is 7.45. The minimum atomic E-state index is -0.538. The highest BCUT2D eigenvalue weighted by Gasteiger charge is 2.51. The Morgan fingerprint density at radius 2 is 1.73 bits per heavy atom. The summed E-state index contributed by atoms with van der Waals surface area (Å²) in [6.07, 6.45) is 2.51. The maximum Gasteiger partial charge on any atom is 0.251 e. The number of amides is 2. The number of carbonyl (C=O) groups is 2. The maximum atomic E-state index is 13.4. The van der Waals surface area contributed by atoms with Gasteiger partial charge in [0, 0.05) is 32.3 Å². The summed E-state index contributed by atoms with van der Waals surface area (Å²) in [5.74, 6) is 1.33. The van der Waals surface area contributed by atoms with E-state index in [9.17, 15) is 9.59 Å². The summed E-state index contributed by atoms with van der Waals surface area (Å²) in [4.78, 5) is 28.4. The predicted molar refractivity (Wildman–Crippen MR) is 155 cm³/mol. The van der Waals surface area contributed by atoms with Crippen LogP contribution in [0.2, 0.25) is 0 Å². The van der Waals surface area contributed by atoms with Crippen molar-refractivity contribution in [2.75, 3.05) is 51.5 Å². The number of benzene rings is 3. The summed E-state index contributed by atoms with van der Waals surface area (Å²) >= 11 is 0. The van der Waals surface area contributed by atoms with Crippen LogP contribution in [-0.2, 0) is 14.9 Å². The van der Waals surface area contributed by atoms with E-state index in [2.05, 4.69) is 15.5 Å². The van der Waals surface area contributed by atoms with Crippen LogP contribution in [-0.4, -0.2) is 62.9 Å². The molecule has 0 aromatic heterocycles. The summed E-state index contributed by atoms with van der Waals surface area (Å²) < 4.78 is 16.3. The van der Waals surface area contributed by atoms with Gasteiger partial charge in [0.05, 0.1) is 18.6 Å². The molecule has 8 nitrogen and oxygen atoms in total. The number of nitrogens with zero attached hydrogens (tertiary/aromatic N) is 1. The van der Waals surface area contributed by atoms with Gasteiger partial charge in [-0.05, 0) is 91.4 Å². The van der Waals surface area contributed by atoms with Gasteiger partial charge in [-0.3, -0.25) is 14.5 Å². The molecule has 2 amide bonds. The molecule has 2 fully saturated rings. The number of hydrogen-bond acceptors (Lipinski definition) is 6. The Morgan fingerprint density at radius 3 is 2.50 bits per heavy atom. The van der Waals surface area contributed by atoms with Gasteiger partial charge in [0.25, 0.3) is 5.91 Å². The largest absolute Gasteiger partial charge is 0.454 e. The third kappa shape index (κ3) is 5.55. The number of ether oxygens (including phenoxy) is 3. The average Bonchev–Trinajstić information content (AvgIpc) is 3.67. The van der Waals surface area contributed by atoms with Gasteiger partial charge in [0.2, 0.25) is 12.7 Å². The van der Waals surface area contributed by atoms with Crippen molar-refractivity contribution >= 4 is 17.5 Å². The Bertz CT molecular complexity index is 1400. The van der Waals surface area contributed by atoms with Crippen LogP contribution >= 0.6 is 0 Å². The number of anilines is 1. The van der Waals surface area contributed by atoms with E-state index in [4.69, 9.17) is 14.2 Å². The van der Waals surface area contributed by atoms with E-state index < -0.39 is 5.41 Å². The number of aryl methyl sites for hydroxylation is 1. The molecule has 210 valence electrons. The summed E-state index contributed by atoms with van der Waals surface area (Å²) in [5, 5.41) is 6.17. The van der Waals surface area contributed by atoms with Gasteiger partial charge in [-0.15, -0.1) is 0 Å². The van der Waals surface area contributed by atoms with Crippen LogP contribution in [0.25, 0.3) is 11.1 Å². The van der Waals surface area contributed by atoms with E-state index in [0.717, 1.165) is 85.8 Å². The molecular formula is C32H37N3O5. The third-order valence-electron chi connectivity index (χ3n) is 8.10. The number of morpholine rings is 1. The van der Waals surface area contributed by atoms with Crippen molar-refractivity contribution in [1.29, 1.82) is 0 Å². The molecule has 2 aliphatic heterocycles. The maximum absolute atomic E-state index is 13.4. The van der Waals surface area contributed by atoms with Gasteiger partial charge in [-0.1, -0.05) is 24.3 Å². The molecule has 1 saturated carbocycles. The first-order valence-corrected chi connectivity index (χ1v) is 14.0. The smallest absolute Gasteiger partial charge is 0.251 e. The SMILES string of the molecule is Cc1ccc(NC(=O)C2(c3ccc4c(c3)OCO4)CC2)cc1-c1ccc(C(=O)NCCCN2CCOCC2)cc1.[HH]. The minimum Gasteiger partial charge on any atom is -0.454 e. The standard InChI is InChI=1S/C32H35N3O5.H2/c1-22-3-9-26(34-31(37)32(11-12-32)25-8-10-28-29(19-25)40-21-39-28)20-27(22)23-4-6-24(7-5-23)30(36)33-13-2-14-35-15-17-38-18-16-35;/h3-10,19-20H,2,11-18,21H2,1H3,(H,33,36)(H,34,37);1H. The van der Waals surface area contributed by atoms with Gasteiger partial charge >= 0.3 is 0 Å². The fraction of sp³-hybridized carbons (Fsp3) is 0.375. The summed E-state index contributed by atoms with van der Waals surface area (Å²) in [5.41, 5.74) is 4.91. The molecule has 0 bridgehead atoms. The first-order chi connectivity index (χ1) is 19.5. The first-order valence-electron chi connectivity index (χ1n) is 14.0. The van der Waals surface area contributed by atoms with Crippen LogP contribution in [0, 0.1) is 6.92 Å². The van der Waals surface area contributed by atoms with E-state index >= 15 is 0 Å². The molecule has 0 radical (unpaired) electrons. The monoisotopic (exact) mass is 543 g/mol. The summed E-state index contributed by atoms with van der Waals surface area (Å²) in [6.45, 7) is 7.36. The van der Waals surface area contributed by atoms with Crippen LogP contribution in [0.3, 0.4) is 0 Å². The lowest BCUT2D eigenvalue weighted by Crippen LogP contribution is -2.38. The Hall–Kier alpha value is -3.88. The lowest BCUT2D eigenvalue weighted by Gasteiger charge is -2.26. The highest BCUT2D eigenvalue weighted by molar-refractivity contribution is 6.02. The number of fused-ring (bicyclic) bond motifs is 1. The Balaban J connectivity index is 0.00000337. The second-order valence-electron chi connectivity index (χ2n) is 10.8. The molecule has 8 heteroatoms. The van der Waals surface area contributed by atoms with E-state index in [1.54, 1.807) is 0 Å². The van der Waals surface area contributed by atoms with E-state index in [-0.39, 0.29) is 20.0 Å². The minimum absolute atomic E-state index is 0. The third-order valence-corrected chi connectivity index (χ3v) is 8.10. The Labute approximate surface area is 236 Å². The van der Waals surface area contributed by atoms with Crippen molar-refractivity contribution in [1.82, 2.24) is 10.2 Å². The van der Waals surface area contributed by atoms with E-state index in [1.807, 2.05) is 67.6 Å². The second kappa shape index (κ2) is 11.3. The number of nitrogens with one attached hydrogen (secondary N) is 2. The lowest BCUT2D eigenvalue weighted by atomic mass is 9.94. The number of hydrogen-bond donors (Lipinski definition) is 2. The zero-order valence-corrected chi connectivity index (χ0v) is 22.8. The summed E-state index contributed by atoms with van der Waals surface area (Å²) in [7, 11) is 0. The van der Waals surface area contributed by atoms with Gasteiger partial charge < -0.3 is 24.8 Å². The van der Waals surface area contributed by atoms with Crippen LogP contribution in [0.1, 0.15) is 42.2 Å². The molecule has 0 spiro atoms. The molecule has 3 aromatic rings. The molecule has 3 aromatic carbocycles. The van der Waals surface area contributed by atoms with Crippen LogP contribution in [0.5, 0.6) is 11.5 Å². The zero-order chi connectivity index (χ0) is 27.5. The molecule has 2 heterocycles. The number of rotatable bonds is 9. The van der Waals surface area contributed by atoms with Crippen LogP contribution in [0.4, 0.5) is 5.69 Å². The first kappa shape index (κ1) is 26.3. The molecule has 40 heavy (non-hydrogen) atoms. The molecule has 3 aliphatic rings. The van der Waals surface area contributed by atoms with Crippen molar-refractivity contribution in [3.63, 3.8) is 0 Å². The normalized spacial score (nSPS) is 17.3. The zero-order valence-electron chi connectivity index (χ0n) is 22.8. The molecule has 6 rings (SSSR count). The molecule has 2 N–H and O–H groups in total. The van der Waals surface area contributed by atoms with E-state index in [0.29, 0.717) is 17.9 Å². The fourth-order valence-electron chi connectivity index (χ4n) is 5.46. The second-order valence-corrected chi connectivity index (χ2v) is 10.8. The predicted octanol–water partition coefficient (Wildman–Crippen LogP) is 4.76. The Morgan fingerprint density at radius 1 is 0.950 bits per heavy atom. The highest BCUT2D eigenvalue weighted by Crippen LogP contribution is 2.51. The van der Waals surface area contributed by atoms with Gasteiger partial charge in [0.1, 0.15) is 0 Å². The van der Waals surface area contributed by atoms with Gasteiger partial charge in [-0.2, -0.15) is 0 Å². The fourth-order valence-corrected chi connectivity index (χ4v) is 5.46. The molecular weight excluding hydrogens is 506 g/mol.